The van der Waals surface area contributed by atoms with Crippen molar-refractivity contribution in [3.8, 4) is 0 Å². The first kappa shape index (κ1) is 17.2. The molecule has 0 spiro atoms. The first-order valence-electron chi connectivity index (χ1n) is 7.22. The van der Waals surface area contributed by atoms with E-state index >= 15 is 0 Å². The number of nitrogens with one attached hydrogen (secondary N) is 1. The third-order valence-electron chi connectivity index (χ3n) is 3.27. The fourth-order valence-corrected chi connectivity index (χ4v) is 4.39. The van der Waals surface area contributed by atoms with Gasteiger partial charge < -0.3 is 5.32 Å². The quantitative estimate of drug-likeness (QED) is 0.673. The molecule has 1 heterocycles. The van der Waals surface area contributed by atoms with Gasteiger partial charge in [0, 0.05) is 10.9 Å². The monoisotopic (exact) mass is 345 g/mol. The average Bonchev–Trinajstić information content (AvgIpc) is 2.56. The molecule has 2 atom stereocenters. The molecule has 110 valence electrons. The van der Waals surface area contributed by atoms with Crippen LogP contribution in [0.4, 0.5) is 0 Å². The van der Waals surface area contributed by atoms with Crippen molar-refractivity contribution in [1.29, 1.82) is 0 Å². The minimum atomic E-state index is 0.419. The summed E-state index contributed by atoms with van der Waals surface area (Å²) < 4.78 is 1.27. The van der Waals surface area contributed by atoms with E-state index in [2.05, 4.69) is 68.9 Å². The van der Waals surface area contributed by atoms with Crippen molar-refractivity contribution in [2.24, 2.45) is 11.3 Å². The number of hydrogen-bond acceptors (Lipinski definition) is 2. The van der Waals surface area contributed by atoms with E-state index in [1.54, 1.807) is 0 Å². The van der Waals surface area contributed by atoms with Gasteiger partial charge in [-0.15, -0.1) is 11.3 Å². The Morgan fingerprint density at radius 1 is 1.37 bits per heavy atom. The molecule has 0 aliphatic rings. The summed E-state index contributed by atoms with van der Waals surface area (Å²) in [5, 5.41) is 3.65. The number of halogens is 1. The van der Waals surface area contributed by atoms with E-state index in [0.29, 0.717) is 11.5 Å². The van der Waals surface area contributed by atoms with Crippen molar-refractivity contribution in [1.82, 2.24) is 5.32 Å². The maximum atomic E-state index is 3.65. The Hall–Kier alpha value is 0.140. The van der Waals surface area contributed by atoms with Gasteiger partial charge in [0.25, 0.3) is 0 Å². The molecule has 0 fully saturated rings. The maximum absolute atomic E-state index is 3.65. The highest BCUT2D eigenvalue weighted by Crippen LogP contribution is 2.36. The summed E-state index contributed by atoms with van der Waals surface area (Å²) in [6.45, 7) is 14.8. The first-order valence-corrected chi connectivity index (χ1v) is 8.83. The normalized spacial score (nSPS) is 15.5. The maximum Gasteiger partial charge on any atom is 0.0731 e. The Morgan fingerprint density at radius 3 is 2.42 bits per heavy atom. The van der Waals surface area contributed by atoms with Gasteiger partial charge in [0.1, 0.15) is 0 Å². The van der Waals surface area contributed by atoms with Gasteiger partial charge in [-0.3, -0.25) is 0 Å². The topological polar surface area (TPSA) is 12.0 Å². The second-order valence-corrected chi connectivity index (χ2v) is 9.22. The molecule has 0 aromatic carbocycles. The summed E-state index contributed by atoms with van der Waals surface area (Å²) in [7, 11) is 0. The number of rotatable bonds is 6. The lowest BCUT2D eigenvalue weighted by Gasteiger charge is -2.26. The highest BCUT2D eigenvalue weighted by Gasteiger charge is 2.21. The molecule has 0 saturated carbocycles. The van der Waals surface area contributed by atoms with Gasteiger partial charge in [0.15, 0.2) is 0 Å². The summed E-state index contributed by atoms with van der Waals surface area (Å²) >= 11 is 5.52. The summed E-state index contributed by atoms with van der Waals surface area (Å²) in [5.74, 6) is 0.741. The molecule has 1 N–H and O–H groups in total. The average molecular weight is 346 g/mol. The predicted molar refractivity (Wildman–Crippen MR) is 91.0 cm³/mol. The summed E-state index contributed by atoms with van der Waals surface area (Å²) in [6, 6.07) is 2.82. The Balaban J connectivity index is 2.72. The first-order chi connectivity index (χ1) is 8.73. The molecule has 3 heteroatoms. The number of hydrogen-bond donors (Lipinski definition) is 1. The SMILES string of the molecule is CCNC(CC(C)CC(C)(C)C)c1cc(C)c(Br)s1. The van der Waals surface area contributed by atoms with Crippen LogP contribution in [-0.2, 0) is 0 Å². The van der Waals surface area contributed by atoms with Gasteiger partial charge in [-0.2, -0.15) is 0 Å². The van der Waals surface area contributed by atoms with Crippen molar-refractivity contribution in [2.45, 2.75) is 60.4 Å². The summed E-state index contributed by atoms with van der Waals surface area (Å²) in [6.07, 6.45) is 2.50. The Morgan fingerprint density at radius 2 is 2.00 bits per heavy atom. The lowest BCUT2D eigenvalue weighted by Crippen LogP contribution is -2.23. The standard InChI is InChI=1S/C16H28BrNS/c1-7-18-13(8-11(2)10-16(4,5)6)14-9-12(3)15(17)19-14/h9,11,13,18H,7-8,10H2,1-6H3. The van der Waals surface area contributed by atoms with E-state index in [0.717, 1.165) is 12.5 Å². The minimum absolute atomic E-state index is 0.419. The second kappa shape index (κ2) is 7.24. The van der Waals surface area contributed by atoms with E-state index in [1.807, 2.05) is 11.3 Å². The highest BCUT2D eigenvalue weighted by atomic mass is 79.9. The van der Waals surface area contributed by atoms with E-state index in [9.17, 15) is 0 Å². The van der Waals surface area contributed by atoms with Crippen molar-refractivity contribution < 1.29 is 0 Å². The zero-order valence-electron chi connectivity index (χ0n) is 13.1. The van der Waals surface area contributed by atoms with Gasteiger partial charge in [0.05, 0.1) is 3.79 Å². The van der Waals surface area contributed by atoms with Crippen molar-refractivity contribution >= 4 is 27.3 Å². The highest BCUT2D eigenvalue weighted by molar-refractivity contribution is 9.11. The molecule has 2 unspecified atom stereocenters. The minimum Gasteiger partial charge on any atom is -0.310 e. The van der Waals surface area contributed by atoms with Crippen molar-refractivity contribution in [3.05, 3.63) is 20.3 Å². The van der Waals surface area contributed by atoms with Crippen LogP contribution in [0.1, 0.15) is 63.9 Å². The van der Waals surface area contributed by atoms with Crippen LogP contribution in [0, 0.1) is 18.3 Å². The lowest BCUT2D eigenvalue weighted by atomic mass is 9.82. The van der Waals surface area contributed by atoms with Gasteiger partial charge in [0.2, 0.25) is 0 Å². The second-order valence-electron chi connectivity index (χ2n) is 6.82. The molecule has 0 bridgehead atoms. The van der Waals surface area contributed by atoms with Crippen LogP contribution in [0.15, 0.2) is 9.85 Å². The molecular formula is C16H28BrNS. The zero-order valence-corrected chi connectivity index (χ0v) is 15.5. The fourth-order valence-electron chi connectivity index (χ4n) is 2.73. The van der Waals surface area contributed by atoms with Gasteiger partial charge >= 0.3 is 0 Å². The van der Waals surface area contributed by atoms with E-state index in [-0.39, 0.29) is 0 Å². The van der Waals surface area contributed by atoms with Gasteiger partial charge in [-0.25, -0.2) is 0 Å². The molecule has 1 aromatic rings. The largest absolute Gasteiger partial charge is 0.310 e. The zero-order chi connectivity index (χ0) is 14.6. The van der Waals surface area contributed by atoms with Gasteiger partial charge in [-0.1, -0.05) is 34.6 Å². The smallest absolute Gasteiger partial charge is 0.0731 e. The molecule has 1 aromatic heterocycles. The van der Waals surface area contributed by atoms with Crippen LogP contribution in [0.3, 0.4) is 0 Å². The van der Waals surface area contributed by atoms with Crippen LogP contribution >= 0.6 is 27.3 Å². The van der Waals surface area contributed by atoms with Crippen LogP contribution in [-0.4, -0.2) is 6.54 Å². The molecule has 1 rings (SSSR count). The van der Waals surface area contributed by atoms with E-state index < -0.39 is 0 Å². The lowest BCUT2D eigenvalue weighted by molar-refractivity contribution is 0.277. The van der Waals surface area contributed by atoms with Crippen molar-refractivity contribution in [3.63, 3.8) is 0 Å². The number of thiophene rings is 1. The summed E-state index contributed by atoms with van der Waals surface area (Å²) in [5.41, 5.74) is 1.77. The van der Waals surface area contributed by atoms with Crippen LogP contribution < -0.4 is 5.32 Å². The molecule has 0 aliphatic carbocycles. The van der Waals surface area contributed by atoms with E-state index in [4.69, 9.17) is 0 Å². The van der Waals surface area contributed by atoms with Crippen LogP contribution in [0.25, 0.3) is 0 Å². The number of aryl methyl sites for hydroxylation is 1. The fraction of sp³-hybridized carbons (Fsp3) is 0.750. The summed E-state index contributed by atoms with van der Waals surface area (Å²) in [4.78, 5) is 1.46. The third-order valence-corrected chi connectivity index (χ3v) is 5.52. The predicted octanol–water partition coefficient (Wildman–Crippen LogP) is 5.93. The van der Waals surface area contributed by atoms with Crippen molar-refractivity contribution in [2.75, 3.05) is 6.54 Å². The third kappa shape index (κ3) is 5.97. The molecular weight excluding hydrogens is 318 g/mol. The Kier molecular flexibility index (Phi) is 6.55. The van der Waals surface area contributed by atoms with Crippen LogP contribution in [0.5, 0.6) is 0 Å². The molecule has 0 radical (unpaired) electrons. The van der Waals surface area contributed by atoms with Crippen LogP contribution in [0.2, 0.25) is 0 Å². The Bertz CT molecular complexity index is 372. The molecule has 1 nitrogen and oxygen atoms in total. The molecule has 0 saturated heterocycles. The molecule has 0 amide bonds. The molecule has 0 aliphatic heterocycles. The van der Waals surface area contributed by atoms with E-state index in [1.165, 1.54) is 27.1 Å². The molecule has 19 heavy (non-hydrogen) atoms. The van der Waals surface area contributed by atoms with Gasteiger partial charge in [-0.05, 0) is 65.2 Å². The Labute approximate surface area is 131 Å².